The van der Waals surface area contributed by atoms with E-state index in [4.69, 9.17) is 0 Å². The van der Waals surface area contributed by atoms with Gasteiger partial charge in [0.15, 0.2) is 11.6 Å². The summed E-state index contributed by atoms with van der Waals surface area (Å²) in [5.74, 6) is -1.78. The van der Waals surface area contributed by atoms with Gasteiger partial charge in [-0.2, -0.15) is 0 Å². The van der Waals surface area contributed by atoms with E-state index in [-0.39, 0.29) is 18.0 Å². The molecule has 1 unspecified atom stereocenters. The van der Waals surface area contributed by atoms with Gasteiger partial charge in [-0.1, -0.05) is 12.1 Å². The fraction of sp³-hybridized carbons (Fsp3) is 0.500. The Morgan fingerprint density at radius 2 is 1.95 bits per heavy atom. The highest BCUT2D eigenvalue weighted by molar-refractivity contribution is 5.81. The van der Waals surface area contributed by atoms with Gasteiger partial charge < -0.3 is 10.2 Å². The number of nitrogens with zero attached hydrogens (tertiary/aromatic N) is 1. The molecule has 0 fully saturated rings. The lowest BCUT2D eigenvalue weighted by Gasteiger charge is -2.23. The van der Waals surface area contributed by atoms with Gasteiger partial charge in [-0.05, 0) is 26.8 Å². The summed E-state index contributed by atoms with van der Waals surface area (Å²) in [5, 5.41) is 2.92. The van der Waals surface area contributed by atoms with E-state index in [2.05, 4.69) is 5.32 Å². The second-order valence-electron chi connectivity index (χ2n) is 4.33. The van der Waals surface area contributed by atoms with E-state index < -0.39 is 17.7 Å². The van der Waals surface area contributed by atoms with Gasteiger partial charge in [-0.3, -0.25) is 4.79 Å². The van der Waals surface area contributed by atoms with E-state index in [1.54, 1.807) is 11.8 Å². The van der Waals surface area contributed by atoms with E-state index >= 15 is 0 Å². The van der Waals surface area contributed by atoms with Crippen LogP contribution >= 0.6 is 0 Å². The van der Waals surface area contributed by atoms with Crippen molar-refractivity contribution in [3.05, 3.63) is 35.4 Å². The Bertz CT molecular complexity index is 433. The number of benzene rings is 1. The fourth-order valence-corrected chi connectivity index (χ4v) is 1.84. The summed E-state index contributed by atoms with van der Waals surface area (Å²) in [5.41, 5.74) is 0.221. The minimum Gasteiger partial charge on any atom is -0.342 e. The second-order valence-corrected chi connectivity index (χ2v) is 4.33. The summed E-state index contributed by atoms with van der Waals surface area (Å²) in [4.78, 5) is 13.7. The Morgan fingerprint density at radius 3 is 2.53 bits per heavy atom. The van der Waals surface area contributed by atoms with Gasteiger partial charge in [-0.25, -0.2) is 8.78 Å². The molecule has 0 radical (unpaired) electrons. The zero-order chi connectivity index (χ0) is 14.4. The summed E-state index contributed by atoms with van der Waals surface area (Å²) < 4.78 is 26.5. The number of nitrogens with one attached hydrogen (secondary N) is 1. The second kappa shape index (κ2) is 7.19. The van der Waals surface area contributed by atoms with Crippen molar-refractivity contribution in [2.24, 2.45) is 0 Å². The first kappa shape index (κ1) is 15.6. The molecule has 1 amide bonds. The number of halogens is 2. The third-order valence-corrected chi connectivity index (χ3v) is 3.08. The summed E-state index contributed by atoms with van der Waals surface area (Å²) in [7, 11) is 0. The van der Waals surface area contributed by atoms with Crippen LogP contribution in [0.3, 0.4) is 0 Å². The van der Waals surface area contributed by atoms with Crippen molar-refractivity contribution in [3.8, 4) is 0 Å². The lowest BCUT2D eigenvalue weighted by molar-refractivity contribution is -0.132. The quantitative estimate of drug-likeness (QED) is 0.860. The Kier molecular flexibility index (Phi) is 5.89. The van der Waals surface area contributed by atoms with Crippen molar-refractivity contribution in [1.82, 2.24) is 10.2 Å². The van der Waals surface area contributed by atoms with E-state index in [0.29, 0.717) is 13.1 Å². The predicted molar refractivity (Wildman–Crippen MR) is 70.6 cm³/mol. The molecule has 0 saturated carbocycles. The van der Waals surface area contributed by atoms with Crippen molar-refractivity contribution in [2.75, 3.05) is 13.1 Å². The molecule has 1 N–H and O–H groups in total. The van der Waals surface area contributed by atoms with Crippen molar-refractivity contribution in [1.29, 1.82) is 0 Å². The molecule has 19 heavy (non-hydrogen) atoms. The molecule has 0 saturated heterocycles. The zero-order valence-corrected chi connectivity index (χ0v) is 11.5. The summed E-state index contributed by atoms with van der Waals surface area (Å²) >= 11 is 0. The molecule has 0 bridgehead atoms. The number of carbonyl (C=O) groups excluding carboxylic acids is 1. The number of likely N-dealkylation sites (N-methyl/N-ethyl adjacent to an activating group) is 1. The molecular formula is C14H20F2N2O. The van der Waals surface area contributed by atoms with Crippen LogP contribution in [-0.2, 0) is 11.3 Å². The van der Waals surface area contributed by atoms with Crippen molar-refractivity contribution in [3.63, 3.8) is 0 Å². The average molecular weight is 270 g/mol. The van der Waals surface area contributed by atoms with Crippen LogP contribution in [0.1, 0.15) is 26.3 Å². The van der Waals surface area contributed by atoms with Gasteiger partial charge in [0.25, 0.3) is 0 Å². The Balaban J connectivity index is 2.61. The molecule has 1 rings (SSSR count). The van der Waals surface area contributed by atoms with Gasteiger partial charge in [0.1, 0.15) is 0 Å². The normalized spacial score (nSPS) is 12.3. The van der Waals surface area contributed by atoms with Crippen molar-refractivity contribution >= 4 is 5.91 Å². The zero-order valence-electron chi connectivity index (χ0n) is 11.5. The van der Waals surface area contributed by atoms with E-state index in [0.717, 1.165) is 6.07 Å². The van der Waals surface area contributed by atoms with E-state index in [1.165, 1.54) is 12.1 Å². The molecule has 0 aromatic heterocycles. The Hall–Kier alpha value is -1.49. The molecular weight excluding hydrogens is 250 g/mol. The number of rotatable bonds is 6. The first-order valence-corrected chi connectivity index (χ1v) is 6.46. The number of amides is 1. The predicted octanol–water partition coefficient (Wildman–Crippen LogP) is 2.31. The van der Waals surface area contributed by atoms with Crippen LogP contribution in [0.4, 0.5) is 8.78 Å². The maximum absolute atomic E-state index is 13.4. The summed E-state index contributed by atoms with van der Waals surface area (Å²) in [6.45, 7) is 6.92. The smallest absolute Gasteiger partial charge is 0.239 e. The molecule has 1 aromatic rings. The van der Waals surface area contributed by atoms with Gasteiger partial charge in [0, 0.05) is 25.2 Å². The Morgan fingerprint density at radius 1 is 1.32 bits per heavy atom. The van der Waals surface area contributed by atoms with Crippen LogP contribution in [0.15, 0.2) is 18.2 Å². The molecule has 0 aliphatic carbocycles. The molecule has 5 heteroatoms. The van der Waals surface area contributed by atoms with Gasteiger partial charge in [0.2, 0.25) is 5.91 Å². The maximum atomic E-state index is 13.4. The molecule has 0 aliphatic heterocycles. The van der Waals surface area contributed by atoms with Crippen LogP contribution in [0, 0.1) is 11.6 Å². The number of hydrogen-bond donors (Lipinski definition) is 1. The van der Waals surface area contributed by atoms with E-state index in [1.807, 2.05) is 13.8 Å². The van der Waals surface area contributed by atoms with Crippen LogP contribution in [-0.4, -0.2) is 29.9 Å². The van der Waals surface area contributed by atoms with Crippen LogP contribution in [0.5, 0.6) is 0 Å². The highest BCUT2D eigenvalue weighted by Crippen LogP contribution is 2.11. The summed E-state index contributed by atoms with van der Waals surface area (Å²) in [6, 6.07) is 3.60. The number of carbonyl (C=O) groups is 1. The van der Waals surface area contributed by atoms with Crippen molar-refractivity contribution in [2.45, 2.75) is 33.4 Å². The monoisotopic (exact) mass is 270 g/mol. The highest BCUT2D eigenvalue weighted by Gasteiger charge is 2.18. The maximum Gasteiger partial charge on any atom is 0.239 e. The van der Waals surface area contributed by atoms with Gasteiger partial charge >= 0.3 is 0 Å². The van der Waals surface area contributed by atoms with Crippen LogP contribution in [0.25, 0.3) is 0 Å². The molecule has 1 aromatic carbocycles. The molecule has 1 atom stereocenters. The minimum atomic E-state index is -0.873. The Labute approximate surface area is 112 Å². The molecule has 0 spiro atoms. The molecule has 106 valence electrons. The van der Waals surface area contributed by atoms with E-state index in [9.17, 15) is 13.6 Å². The largest absolute Gasteiger partial charge is 0.342 e. The molecule has 0 heterocycles. The first-order valence-electron chi connectivity index (χ1n) is 6.46. The van der Waals surface area contributed by atoms with Gasteiger partial charge in [0.05, 0.1) is 6.04 Å². The lowest BCUT2D eigenvalue weighted by atomic mass is 10.2. The lowest BCUT2D eigenvalue weighted by Crippen LogP contribution is -2.44. The summed E-state index contributed by atoms with van der Waals surface area (Å²) in [6.07, 6.45) is 0. The van der Waals surface area contributed by atoms with Crippen molar-refractivity contribution < 1.29 is 13.6 Å². The van der Waals surface area contributed by atoms with Crippen LogP contribution < -0.4 is 5.32 Å². The fourth-order valence-electron chi connectivity index (χ4n) is 1.84. The first-order chi connectivity index (χ1) is 9.01. The minimum absolute atomic E-state index is 0.0400. The number of hydrogen-bond acceptors (Lipinski definition) is 2. The van der Waals surface area contributed by atoms with Crippen LogP contribution in [0.2, 0.25) is 0 Å². The topological polar surface area (TPSA) is 32.3 Å². The SMILES string of the molecule is CCN(CC)C(=O)C(C)NCc1cccc(F)c1F. The highest BCUT2D eigenvalue weighted by atomic mass is 19.2. The standard InChI is InChI=1S/C14H20F2N2O/c1-4-18(5-2)14(19)10(3)17-9-11-7-6-8-12(15)13(11)16/h6-8,10,17H,4-5,9H2,1-3H3. The molecule has 0 aliphatic rings. The third-order valence-electron chi connectivity index (χ3n) is 3.08. The molecule has 3 nitrogen and oxygen atoms in total. The van der Waals surface area contributed by atoms with Gasteiger partial charge in [-0.15, -0.1) is 0 Å². The average Bonchev–Trinajstić information content (AvgIpc) is 2.41. The third kappa shape index (κ3) is 3.99.